The Morgan fingerprint density at radius 3 is 1.68 bits per heavy atom. The summed E-state index contributed by atoms with van der Waals surface area (Å²) in [7, 11) is 0. The fraction of sp³-hybridized carbons (Fsp3) is 0.444. The molecule has 0 amide bonds. The van der Waals surface area contributed by atoms with Gasteiger partial charge >= 0.3 is 0 Å². The van der Waals surface area contributed by atoms with Gasteiger partial charge in [-0.15, -0.1) is 0 Å². The first kappa shape index (κ1) is 29.3. The van der Waals surface area contributed by atoms with E-state index in [-0.39, 0.29) is 5.76 Å². The summed E-state index contributed by atoms with van der Waals surface area (Å²) in [6, 6.07) is 9.30. The predicted octanol–water partition coefficient (Wildman–Crippen LogP) is -2.10. The van der Waals surface area contributed by atoms with Gasteiger partial charge in [-0.2, -0.15) is 0 Å². The van der Waals surface area contributed by atoms with Crippen molar-refractivity contribution in [3.05, 3.63) is 57.7 Å². The third-order valence-corrected chi connectivity index (χ3v) is 7.61. The van der Waals surface area contributed by atoms with Crippen LogP contribution in [0.4, 0.5) is 0 Å². The number of hydrogen-bond donors (Lipinski definition) is 10. The van der Waals surface area contributed by atoms with Crippen LogP contribution in [0.1, 0.15) is 23.3 Å². The van der Waals surface area contributed by atoms with Crippen LogP contribution in [0.3, 0.4) is 0 Å². The van der Waals surface area contributed by atoms with Crippen molar-refractivity contribution in [1.82, 2.24) is 0 Å². The van der Waals surface area contributed by atoms with E-state index in [1.54, 1.807) is 30.3 Å². The molecule has 10 atom stereocenters. The van der Waals surface area contributed by atoms with Crippen molar-refractivity contribution in [3.8, 4) is 22.8 Å². The number of phenols is 2. The normalized spacial score (nSPS) is 34.1. The van der Waals surface area contributed by atoms with Crippen LogP contribution in [-0.4, -0.2) is 113 Å². The molecule has 2 aliphatic rings. The maximum absolute atomic E-state index is 13.4. The molecule has 14 heteroatoms. The Kier molecular flexibility index (Phi) is 8.06. The van der Waals surface area contributed by atoms with Gasteiger partial charge < -0.3 is 65.0 Å². The molecule has 0 aliphatic carbocycles. The first-order valence-corrected chi connectivity index (χ1v) is 12.7. The van der Waals surface area contributed by atoms with Gasteiger partial charge in [0, 0.05) is 11.6 Å². The van der Waals surface area contributed by atoms with Crippen molar-refractivity contribution in [2.45, 2.75) is 61.0 Å². The molecule has 0 saturated carbocycles. The van der Waals surface area contributed by atoms with E-state index >= 15 is 0 Å². The summed E-state index contributed by atoms with van der Waals surface area (Å²) < 4.78 is 17.1. The van der Waals surface area contributed by atoms with Gasteiger partial charge in [0.25, 0.3) is 0 Å². The Morgan fingerprint density at radius 2 is 1.17 bits per heavy atom. The quantitative estimate of drug-likeness (QED) is 0.156. The van der Waals surface area contributed by atoms with Gasteiger partial charge in [0.15, 0.2) is 11.0 Å². The summed E-state index contributed by atoms with van der Waals surface area (Å²) in [5.74, 6) is -1.92. The standard InChI is InChI=1S/C27H30O14/c28-7-12-17(31)21(35)23(37)26(40-12)15-19(33)14-10(30)6-11(9-4-2-1-3-5-9)39-25(14)16(20(15)34)27-24(38)22(36)18(32)13(8-29)41-27/h1-6,12-13,17-18,21-24,26-29,31-38H,7-8H2. The number of benzene rings is 2. The molecular formula is C27H30O14. The maximum Gasteiger partial charge on any atom is 0.197 e. The monoisotopic (exact) mass is 578 g/mol. The van der Waals surface area contributed by atoms with Crippen molar-refractivity contribution in [2.24, 2.45) is 0 Å². The molecule has 2 saturated heterocycles. The number of ether oxygens (including phenoxy) is 2. The lowest BCUT2D eigenvalue weighted by molar-refractivity contribution is -0.234. The largest absolute Gasteiger partial charge is 0.507 e. The molecule has 2 fully saturated rings. The fourth-order valence-electron chi connectivity index (χ4n) is 5.37. The second-order valence-corrected chi connectivity index (χ2v) is 10.1. The van der Waals surface area contributed by atoms with Crippen LogP contribution in [0.2, 0.25) is 0 Å². The highest BCUT2D eigenvalue weighted by molar-refractivity contribution is 5.91. The van der Waals surface area contributed by atoms with Gasteiger partial charge in [-0.25, -0.2) is 0 Å². The predicted molar refractivity (Wildman–Crippen MR) is 137 cm³/mol. The minimum absolute atomic E-state index is 0.0201. The van der Waals surface area contributed by atoms with Gasteiger partial charge in [-0.3, -0.25) is 4.79 Å². The number of fused-ring (bicyclic) bond motifs is 1. The van der Waals surface area contributed by atoms with Gasteiger partial charge in [-0.1, -0.05) is 30.3 Å². The average molecular weight is 579 g/mol. The maximum atomic E-state index is 13.4. The molecule has 10 N–H and O–H groups in total. The highest BCUT2D eigenvalue weighted by atomic mass is 16.6. The van der Waals surface area contributed by atoms with Crippen molar-refractivity contribution < 1.29 is 65.0 Å². The molecule has 222 valence electrons. The lowest BCUT2D eigenvalue weighted by atomic mass is 9.85. The van der Waals surface area contributed by atoms with Crippen LogP contribution >= 0.6 is 0 Å². The Hall–Kier alpha value is -3.15. The van der Waals surface area contributed by atoms with E-state index in [2.05, 4.69) is 0 Å². The van der Waals surface area contributed by atoms with Crippen LogP contribution in [0.15, 0.2) is 45.6 Å². The van der Waals surface area contributed by atoms with E-state index in [9.17, 15) is 55.9 Å². The van der Waals surface area contributed by atoms with E-state index in [1.807, 2.05) is 0 Å². The van der Waals surface area contributed by atoms with Crippen LogP contribution in [0.5, 0.6) is 11.5 Å². The average Bonchev–Trinajstić information content (AvgIpc) is 2.97. The topological polar surface area (TPSA) is 251 Å². The number of phenolic OH excluding ortho intramolecular Hbond substituents is 2. The third kappa shape index (κ3) is 4.77. The molecule has 41 heavy (non-hydrogen) atoms. The Morgan fingerprint density at radius 1 is 0.659 bits per heavy atom. The van der Waals surface area contributed by atoms with Crippen LogP contribution in [-0.2, 0) is 9.47 Å². The zero-order valence-corrected chi connectivity index (χ0v) is 21.3. The number of aliphatic hydroxyl groups excluding tert-OH is 8. The molecule has 14 nitrogen and oxygen atoms in total. The summed E-state index contributed by atoms with van der Waals surface area (Å²) in [6.07, 6.45) is -17.9. The first-order chi connectivity index (χ1) is 19.5. The Labute approximate surface area is 231 Å². The lowest BCUT2D eigenvalue weighted by Crippen LogP contribution is -2.55. The van der Waals surface area contributed by atoms with E-state index in [0.717, 1.165) is 6.07 Å². The minimum atomic E-state index is -2.00. The zero-order valence-electron chi connectivity index (χ0n) is 21.3. The summed E-state index contributed by atoms with van der Waals surface area (Å²) in [4.78, 5) is 13.4. The van der Waals surface area contributed by atoms with Gasteiger partial charge in [0.1, 0.15) is 83.7 Å². The SMILES string of the molecule is O=c1cc(-c2ccccc2)oc2c(C3OC(CO)C(O)C(O)C3O)c(O)c(C3OC(CO)C(O)C(O)C3O)c(O)c12. The van der Waals surface area contributed by atoms with Gasteiger partial charge in [0.05, 0.1) is 24.3 Å². The minimum Gasteiger partial charge on any atom is -0.507 e. The molecule has 2 aromatic carbocycles. The summed E-state index contributed by atoms with van der Waals surface area (Å²) in [5.41, 5.74) is -2.12. The van der Waals surface area contributed by atoms with E-state index in [1.165, 1.54) is 0 Å². The molecule has 3 aromatic rings. The summed E-state index contributed by atoms with van der Waals surface area (Å²) >= 11 is 0. The molecule has 3 heterocycles. The van der Waals surface area contributed by atoms with E-state index < -0.39 is 113 Å². The molecule has 0 radical (unpaired) electrons. The van der Waals surface area contributed by atoms with Crippen molar-refractivity contribution in [3.63, 3.8) is 0 Å². The molecule has 0 spiro atoms. The van der Waals surface area contributed by atoms with Gasteiger partial charge in [-0.05, 0) is 0 Å². The highest BCUT2D eigenvalue weighted by Crippen LogP contribution is 2.50. The third-order valence-electron chi connectivity index (χ3n) is 7.61. The fourth-order valence-corrected chi connectivity index (χ4v) is 5.37. The number of aromatic hydroxyl groups is 2. The molecule has 10 unspecified atom stereocenters. The molecule has 5 rings (SSSR count). The van der Waals surface area contributed by atoms with Crippen LogP contribution < -0.4 is 5.43 Å². The molecule has 1 aromatic heterocycles. The number of rotatable bonds is 5. The highest BCUT2D eigenvalue weighted by Gasteiger charge is 2.50. The Balaban J connectivity index is 1.82. The zero-order chi connectivity index (χ0) is 29.7. The van der Waals surface area contributed by atoms with E-state index in [4.69, 9.17) is 13.9 Å². The van der Waals surface area contributed by atoms with Gasteiger partial charge in [0.2, 0.25) is 0 Å². The second-order valence-electron chi connectivity index (χ2n) is 10.1. The first-order valence-electron chi connectivity index (χ1n) is 12.7. The van der Waals surface area contributed by atoms with Crippen molar-refractivity contribution in [1.29, 1.82) is 0 Å². The molecular weight excluding hydrogens is 548 g/mol. The van der Waals surface area contributed by atoms with Crippen LogP contribution in [0.25, 0.3) is 22.3 Å². The van der Waals surface area contributed by atoms with Crippen molar-refractivity contribution in [2.75, 3.05) is 13.2 Å². The van der Waals surface area contributed by atoms with Crippen molar-refractivity contribution >= 4 is 11.0 Å². The Bertz CT molecular complexity index is 1450. The van der Waals surface area contributed by atoms with E-state index in [0.29, 0.717) is 5.56 Å². The molecule has 0 bridgehead atoms. The summed E-state index contributed by atoms with van der Waals surface area (Å²) in [6.45, 7) is -1.66. The number of hydrogen-bond acceptors (Lipinski definition) is 14. The second kappa shape index (κ2) is 11.3. The summed E-state index contributed by atoms with van der Waals surface area (Å²) in [5, 5.41) is 105. The molecule has 2 aliphatic heterocycles. The lowest BCUT2D eigenvalue weighted by Gasteiger charge is -2.42. The number of aliphatic hydroxyl groups is 8. The smallest absolute Gasteiger partial charge is 0.197 e. The van der Waals surface area contributed by atoms with Crippen LogP contribution in [0, 0.1) is 0 Å².